The third-order valence-electron chi connectivity index (χ3n) is 4.23. The molecule has 0 radical (unpaired) electrons. The molecule has 5 heteroatoms. The van der Waals surface area contributed by atoms with Crippen molar-refractivity contribution in [3.8, 4) is 0 Å². The Morgan fingerprint density at radius 1 is 1.04 bits per heavy atom. The maximum absolute atomic E-state index is 12.8. The fourth-order valence-corrected chi connectivity index (χ4v) is 2.93. The van der Waals surface area contributed by atoms with Crippen LogP contribution in [0.25, 0.3) is 10.9 Å². The fourth-order valence-electron chi connectivity index (χ4n) is 2.93. The van der Waals surface area contributed by atoms with Gasteiger partial charge in [-0.05, 0) is 30.2 Å². The fraction of sp³-hybridized carbons (Fsp3) is 0.250. The van der Waals surface area contributed by atoms with Crippen molar-refractivity contribution in [3.63, 3.8) is 0 Å². The van der Waals surface area contributed by atoms with E-state index in [0.29, 0.717) is 23.1 Å². The van der Waals surface area contributed by atoms with Crippen molar-refractivity contribution in [1.82, 2.24) is 9.55 Å². The van der Waals surface area contributed by atoms with Crippen LogP contribution in [0.5, 0.6) is 0 Å². The van der Waals surface area contributed by atoms with Crippen LogP contribution in [0.3, 0.4) is 0 Å². The van der Waals surface area contributed by atoms with Crippen LogP contribution in [-0.4, -0.2) is 15.5 Å². The average Bonchev–Trinajstić information content (AvgIpc) is 2.64. The van der Waals surface area contributed by atoms with E-state index in [1.54, 1.807) is 12.1 Å². The van der Waals surface area contributed by atoms with E-state index >= 15 is 0 Å². The van der Waals surface area contributed by atoms with Crippen LogP contribution in [0.15, 0.2) is 53.3 Å². The lowest BCUT2D eigenvalue weighted by Gasteiger charge is -2.14. The largest absolute Gasteiger partial charge is 0.324 e. The molecule has 0 unspecified atom stereocenters. The molecule has 128 valence electrons. The molecule has 2 aromatic carbocycles. The van der Waals surface area contributed by atoms with Crippen molar-refractivity contribution in [3.05, 3.63) is 70.3 Å². The Bertz CT molecular complexity index is 976. The molecule has 0 atom stereocenters. The minimum absolute atomic E-state index is 0.0438. The van der Waals surface area contributed by atoms with E-state index < -0.39 is 0 Å². The molecule has 1 N–H and O–H groups in total. The summed E-state index contributed by atoms with van der Waals surface area (Å²) in [6, 6.07) is 14.9. The topological polar surface area (TPSA) is 64.0 Å². The molecule has 25 heavy (non-hydrogen) atoms. The quantitative estimate of drug-likeness (QED) is 0.779. The first kappa shape index (κ1) is 16.9. The molecule has 0 saturated heterocycles. The zero-order valence-corrected chi connectivity index (χ0v) is 14.5. The summed E-state index contributed by atoms with van der Waals surface area (Å²) in [6.07, 6.45) is 1.41. The summed E-state index contributed by atoms with van der Waals surface area (Å²) in [6.45, 7) is 3.92. The van der Waals surface area contributed by atoms with Crippen molar-refractivity contribution >= 4 is 22.5 Å². The minimum atomic E-state index is -0.227. The standard InChI is InChI=1S/C20H21N3O2/c1-3-14-9-5-7-11-16(14)22-19(24)13-23-18(4-2)21-17-12-8-6-10-15(17)20(23)25/h5-12H,3-4,13H2,1-2H3,(H,22,24). The predicted octanol–water partition coefficient (Wildman–Crippen LogP) is 3.16. The normalized spacial score (nSPS) is 10.8. The van der Waals surface area contributed by atoms with E-state index in [-0.39, 0.29) is 18.0 Å². The maximum Gasteiger partial charge on any atom is 0.261 e. The second kappa shape index (κ2) is 7.30. The second-order valence-electron chi connectivity index (χ2n) is 5.85. The van der Waals surface area contributed by atoms with Crippen LogP contribution in [0.1, 0.15) is 25.2 Å². The Kier molecular flexibility index (Phi) is 4.93. The molecule has 1 amide bonds. The van der Waals surface area contributed by atoms with E-state index in [0.717, 1.165) is 17.7 Å². The summed E-state index contributed by atoms with van der Waals surface area (Å²) in [4.78, 5) is 29.8. The number of nitrogens with one attached hydrogen (secondary N) is 1. The van der Waals surface area contributed by atoms with E-state index in [1.807, 2.05) is 50.2 Å². The molecule has 1 heterocycles. The number of carbonyl (C=O) groups is 1. The molecular weight excluding hydrogens is 314 g/mol. The number of hydrogen-bond acceptors (Lipinski definition) is 3. The second-order valence-corrected chi connectivity index (χ2v) is 5.85. The lowest BCUT2D eigenvalue weighted by atomic mass is 10.1. The summed E-state index contributed by atoms with van der Waals surface area (Å²) in [5, 5.41) is 3.44. The van der Waals surface area contributed by atoms with Crippen LogP contribution >= 0.6 is 0 Å². The highest BCUT2D eigenvalue weighted by Crippen LogP contribution is 2.15. The van der Waals surface area contributed by atoms with E-state index in [1.165, 1.54) is 4.57 Å². The zero-order valence-electron chi connectivity index (χ0n) is 14.5. The molecule has 0 aliphatic heterocycles. The number of carbonyl (C=O) groups excluding carboxylic acids is 1. The van der Waals surface area contributed by atoms with E-state index in [9.17, 15) is 9.59 Å². The molecular formula is C20H21N3O2. The summed E-state index contributed by atoms with van der Waals surface area (Å²) in [5.74, 6) is 0.386. The van der Waals surface area contributed by atoms with E-state index in [4.69, 9.17) is 0 Å². The van der Waals surface area contributed by atoms with Crippen molar-refractivity contribution in [2.45, 2.75) is 33.2 Å². The number of benzene rings is 2. The Balaban J connectivity index is 1.93. The van der Waals surface area contributed by atoms with Crippen molar-refractivity contribution in [1.29, 1.82) is 0 Å². The summed E-state index contributed by atoms with van der Waals surface area (Å²) >= 11 is 0. The van der Waals surface area contributed by atoms with Gasteiger partial charge in [-0.15, -0.1) is 0 Å². The molecule has 1 aromatic heterocycles. The van der Waals surface area contributed by atoms with Gasteiger partial charge in [0.2, 0.25) is 5.91 Å². The van der Waals surface area contributed by atoms with Gasteiger partial charge in [0.25, 0.3) is 5.56 Å². The van der Waals surface area contributed by atoms with Gasteiger partial charge < -0.3 is 5.32 Å². The van der Waals surface area contributed by atoms with Gasteiger partial charge in [-0.1, -0.05) is 44.2 Å². The number of anilines is 1. The molecule has 0 fully saturated rings. The van der Waals surface area contributed by atoms with Crippen LogP contribution in [0.4, 0.5) is 5.69 Å². The van der Waals surface area contributed by atoms with Crippen LogP contribution in [0.2, 0.25) is 0 Å². The lowest BCUT2D eigenvalue weighted by Crippen LogP contribution is -2.31. The van der Waals surface area contributed by atoms with E-state index in [2.05, 4.69) is 10.3 Å². The van der Waals surface area contributed by atoms with Crippen LogP contribution in [-0.2, 0) is 24.2 Å². The van der Waals surface area contributed by atoms with Crippen LogP contribution < -0.4 is 10.9 Å². The molecule has 5 nitrogen and oxygen atoms in total. The van der Waals surface area contributed by atoms with Gasteiger partial charge >= 0.3 is 0 Å². The van der Waals surface area contributed by atoms with Gasteiger partial charge in [0, 0.05) is 12.1 Å². The molecule has 3 rings (SSSR count). The Morgan fingerprint density at radius 2 is 1.76 bits per heavy atom. The molecule has 0 bridgehead atoms. The number of rotatable bonds is 5. The van der Waals surface area contributed by atoms with Gasteiger partial charge in [-0.3, -0.25) is 14.2 Å². The molecule has 0 aliphatic rings. The van der Waals surface area contributed by atoms with Gasteiger partial charge in [0.1, 0.15) is 12.4 Å². The average molecular weight is 335 g/mol. The Labute approximate surface area is 146 Å². The SMILES string of the molecule is CCc1ccccc1NC(=O)Cn1c(CC)nc2ccccc2c1=O. The third-order valence-corrected chi connectivity index (χ3v) is 4.23. The smallest absolute Gasteiger partial charge is 0.261 e. The van der Waals surface area contributed by atoms with Crippen LogP contribution in [0, 0.1) is 0 Å². The minimum Gasteiger partial charge on any atom is -0.324 e. The molecule has 0 spiro atoms. The number of hydrogen-bond donors (Lipinski definition) is 1. The number of para-hydroxylation sites is 2. The third kappa shape index (κ3) is 3.45. The summed E-state index contributed by atoms with van der Waals surface area (Å²) in [5.41, 5.74) is 2.34. The Morgan fingerprint density at radius 3 is 2.52 bits per heavy atom. The molecule has 0 aliphatic carbocycles. The predicted molar refractivity (Wildman–Crippen MR) is 99.8 cm³/mol. The van der Waals surface area contributed by atoms with Gasteiger partial charge in [0.05, 0.1) is 10.9 Å². The summed E-state index contributed by atoms with van der Waals surface area (Å²) in [7, 11) is 0. The first-order valence-corrected chi connectivity index (χ1v) is 8.50. The van der Waals surface area contributed by atoms with Gasteiger partial charge in [-0.2, -0.15) is 0 Å². The van der Waals surface area contributed by atoms with Gasteiger partial charge in [-0.25, -0.2) is 4.98 Å². The maximum atomic E-state index is 12.8. The molecule has 3 aromatic rings. The number of nitrogens with zero attached hydrogens (tertiary/aromatic N) is 2. The van der Waals surface area contributed by atoms with Crippen molar-refractivity contribution < 1.29 is 4.79 Å². The first-order chi connectivity index (χ1) is 12.1. The Hall–Kier alpha value is -2.95. The lowest BCUT2D eigenvalue weighted by molar-refractivity contribution is -0.116. The van der Waals surface area contributed by atoms with Crippen molar-refractivity contribution in [2.75, 3.05) is 5.32 Å². The summed E-state index contributed by atoms with van der Waals surface area (Å²) < 4.78 is 1.46. The highest BCUT2D eigenvalue weighted by atomic mass is 16.2. The number of amides is 1. The number of aromatic nitrogens is 2. The molecule has 0 saturated carbocycles. The first-order valence-electron chi connectivity index (χ1n) is 8.50. The number of aryl methyl sites for hydroxylation is 2. The highest BCUT2D eigenvalue weighted by molar-refractivity contribution is 5.91. The zero-order chi connectivity index (χ0) is 17.8. The number of fused-ring (bicyclic) bond motifs is 1. The van der Waals surface area contributed by atoms with Gasteiger partial charge in [0.15, 0.2) is 0 Å². The highest BCUT2D eigenvalue weighted by Gasteiger charge is 2.13. The van der Waals surface area contributed by atoms with Crippen molar-refractivity contribution in [2.24, 2.45) is 0 Å². The monoisotopic (exact) mass is 335 g/mol.